The number of nitrogens with two attached hydrogens (primary N) is 1. The van der Waals surface area contributed by atoms with Crippen molar-refractivity contribution in [3.05, 3.63) is 64.7 Å². The van der Waals surface area contributed by atoms with Gasteiger partial charge in [0.25, 0.3) is 5.91 Å². The zero-order chi connectivity index (χ0) is 22.0. The summed E-state index contributed by atoms with van der Waals surface area (Å²) < 4.78 is 0. The van der Waals surface area contributed by atoms with Crippen LogP contribution in [0.15, 0.2) is 48.5 Å². The Kier molecular flexibility index (Phi) is 6.21. The van der Waals surface area contributed by atoms with Crippen LogP contribution in [0.2, 0.25) is 5.02 Å². The number of benzene rings is 2. The van der Waals surface area contributed by atoms with E-state index in [1.54, 1.807) is 24.1 Å². The van der Waals surface area contributed by atoms with Crippen LogP contribution in [-0.4, -0.2) is 49.6 Å². The molecule has 1 saturated heterocycles. The number of nitrogens with one attached hydrogen (secondary N) is 1. The number of hydrogen-bond acceptors (Lipinski definition) is 3. The molecule has 31 heavy (non-hydrogen) atoms. The molecule has 1 saturated carbocycles. The van der Waals surface area contributed by atoms with Gasteiger partial charge >= 0.3 is 6.03 Å². The van der Waals surface area contributed by atoms with Crippen molar-refractivity contribution in [2.45, 2.75) is 37.1 Å². The lowest BCUT2D eigenvalue weighted by molar-refractivity contribution is 0.0963. The Morgan fingerprint density at radius 1 is 1.16 bits per heavy atom. The molecule has 0 bridgehead atoms. The number of anilines is 1. The van der Waals surface area contributed by atoms with E-state index < -0.39 is 0 Å². The standard InChI is InChI=1S/C24H29ClN4O2/c1-27-22(30)17-5-7-20(8-6-17)28-13-14-29(23(28)31)21-9-11-24(16-26,12-10-21)18-3-2-4-19(25)15-18/h2-8,15,21H,9-14,16,26H2,1H3,(H,27,30)/t21-,24-. The van der Waals surface area contributed by atoms with Crippen molar-refractivity contribution < 1.29 is 9.59 Å². The molecule has 3 amide bonds. The third-order valence-electron chi connectivity index (χ3n) is 6.89. The number of carbonyl (C=O) groups excluding carboxylic acids is 2. The molecule has 2 aromatic carbocycles. The lowest BCUT2D eigenvalue weighted by atomic mass is 9.68. The highest BCUT2D eigenvalue weighted by Gasteiger charge is 2.41. The molecular formula is C24H29ClN4O2. The Bertz CT molecular complexity index is 954. The van der Waals surface area contributed by atoms with Gasteiger partial charge in [0.1, 0.15) is 0 Å². The number of rotatable bonds is 5. The second-order valence-corrected chi connectivity index (χ2v) is 8.92. The highest BCUT2D eigenvalue weighted by molar-refractivity contribution is 6.30. The molecule has 2 aliphatic rings. The van der Waals surface area contributed by atoms with E-state index in [-0.39, 0.29) is 23.4 Å². The minimum Gasteiger partial charge on any atom is -0.355 e. The summed E-state index contributed by atoms with van der Waals surface area (Å²) in [5.41, 5.74) is 8.77. The molecule has 7 heteroatoms. The summed E-state index contributed by atoms with van der Waals surface area (Å²) in [6, 6.07) is 15.5. The second kappa shape index (κ2) is 8.89. The van der Waals surface area contributed by atoms with Crippen LogP contribution in [0.1, 0.15) is 41.6 Å². The molecule has 2 fully saturated rings. The topological polar surface area (TPSA) is 78.7 Å². The predicted octanol–water partition coefficient (Wildman–Crippen LogP) is 3.78. The van der Waals surface area contributed by atoms with E-state index in [0.29, 0.717) is 25.2 Å². The summed E-state index contributed by atoms with van der Waals surface area (Å²) in [6.45, 7) is 1.95. The van der Waals surface area contributed by atoms with Crippen LogP contribution in [0, 0.1) is 0 Å². The molecule has 4 rings (SSSR count). The molecule has 0 aromatic heterocycles. The van der Waals surface area contributed by atoms with E-state index in [0.717, 1.165) is 36.4 Å². The van der Waals surface area contributed by atoms with Crippen molar-refractivity contribution in [2.24, 2.45) is 5.73 Å². The number of amides is 3. The van der Waals surface area contributed by atoms with Gasteiger partial charge in [-0.1, -0.05) is 23.7 Å². The third kappa shape index (κ3) is 4.14. The number of carbonyl (C=O) groups is 2. The minimum atomic E-state index is -0.133. The highest BCUT2D eigenvalue weighted by atomic mass is 35.5. The summed E-state index contributed by atoms with van der Waals surface area (Å²) >= 11 is 6.22. The van der Waals surface area contributed by atoms with Crippen molar-refractivity contribution in [3.63, 3.8) is 0 Å². The highest BCUT2D eigenvalue weighted by Crippen LogP contribution is 2.41. The van der Waals surface area contributed by atoms with Crippen LogP contribution < -0.4 is 16.0 Å². The van der Waals surface area contributed by atoms with Crippen molar-refractivity contribution >= 4 is 29.2 Å². The maximum Gasteiger partial charge on any atom is 0.324 e. The monoisotopic (exact) mass is 440 g/mol. The third-order valence-corrected chi connectivity index (χ3v) is 7.13. The average Bonchev–Trinajstić information content (AvgIpc) is 3.20. The second-order valence-electron chi connectivity index (χ2n) is 8.48. The molecule has 164 valence electrons. The van der Waals surface area contributed by atoms with Crippen molar-refractivity contribution in [3.8, 4) is 0 Å². The van der Waals surface area contributed by atoms with E-state index in [9.17, 15) is 9.59 Å². The lowest BCUT2D eigenvalue weighted by Crippen LogP contribution is -2.46. The lowest BCUT2D eigenvalue weighted by Gasteiger charge is -2.42. The van der Waals surface area contributed by atoms with Crippen molar-refractivity contribution in [1.29, 1.82) is 0 Å². The Morgan fingerprint density at radius 2 is 1.87 bits per heavy atom. The minimum absolute atomic E-state index is 0.0423. The molecule has 1 aliphatic heterocycles. The summed E-state index contributed by atoms with van der Waals surface area (Å²) in [5, 5.41) is 3.35. The maximum absolute atomic E-state index is 13.2. The van der Waals surface area contributed by atoms with E-state index in [1.165, 1.54) is 5.56 Å². The molecule has 6 nitrogen and oxygen atoms in total. The largest absolute Gasteiger partial charge is 0.355 e. The number of hydrogen-bond donors (Lipinski definition) is 2. The van der Waals surface area contributed by atoms with Gasteiger partial charge in [-0.3, -0.25) is 9.69 Å². The van der Waals surface area contributed by atoms with E-state index >= 15 is 0 Å². The van der Waals surface area contributed by atoms with E-state index in [2.05, 4.69) is 11.4 Å². The number of nitrogens with zero attached hydrogens (tertiary/aromatic N) is 2. The first-order valence-electron chi connectivity index (χ1n) is 10.8. The van der Waals surface area contributed by atoms with Crippen molar-refractivity contribution in [2.75, 3.05) is 31.6 Å². The van der Waals surface area contributed by atoms with Gasteiger partial charge in [-0.2, -0.15) is 0 Å². The maximum atomic E-state index is 13.2. The van der Waals surface area contributed by atoms with Crippen LogP contribution >= 0.6 is 11.6 Å². The number of urea groups is 1. The van der Waals surface area contributed by atoms with Crippen LogP contribution in [0.4, 0.5) is 10.5 Å². The fourth-order valence-electron chi connectivity index (χ4n) is 4.97. The SMILES string of the molecule is CNC(=O)c1ccc(N2CCN([C@H]3CC[C@](CN)(c4cccc(Cl)c4)CC3)C2=O)cc1. The fraction of sp³-hybridized carbons (Fsp3) is 0.417. The van der Waals surface area contributed by atoms with Gasteiger partial charge in [-0.05, 0) is 67.6 Å². The van der Waals surface area contributed by atoms with Gasteiger partial charge < -0.3 is 16.0 Å². The summed E-state index contributed by atoms with van der Waals surface area (Å²) in [5.74, 6) is -0.133. The molecule has 0 spiro atoms. The average molecular weight is 441 g/mol. The van der Waals surface area contributed by atoms with Crippen molar-refractivity contribution in [1.82, 2.24) is 10.2 Å². The van der Waals surface area contributed by atoms with Gasteiger partial charge in [0, 0.05) is 54.4 Å². The Morgan fingerprint density at radius 3 is 2.48 bits per heavy atom. The molecule has 0 unspecified atom stereocenters. The molecule has 0 atom stereocenters. The Hall–Kier alpha value is -2.57. The fourth-order valence-corrected chi connectivity index (χ4v) is 5.16. The van der Waals surface area contributed by atoms with E-state index in [1.807, 2.05) is 35.2 Å². The van der Waals surface area contributed by atoms with Crippen LogP contribution in [0.3, 0.4) is 0 Å². The molecule has 0 radical (unpaired) electrons. The van der Waals surface area contributed by atoms with Gasteiger partial charge in [0.15, 0.2) is 0 Å². The first-order valence-corrected chi connectivity index (χ1v) is 11.2. The smallest absolute Gasteiger partial charge is 0.324 e. The van der Waals surface area contributed by atoms with Gasteiger partial charge in [0.05, 0.1) is 0 Å². The Balaban J connectivity index is 1.43. The molecule has 2 aromatic rings. The van der Waals surface area contributed by atoms with E-state index in [4.69, 9.17) is 17.3 Å². The molecule has 1 aliphatic carbocycles. The van der Waals surface area contributed by atoms with Crippen LogP contribution in [-0.2, 0) is 5.41 Å². The molecule has 3 N–H and O–H groups in total. The van der Waals surface area contributed by atoms with Gasteiger partial charge in [0.2, 0.25) is 0 Å². The summed E-state index contributed by atoms with van der Waals surface area (Å²) in [4.78, 5) is 28.7. The van der Waals surface area contributed by atoms with Crippen LogP contribution in [0.5, 0.6) is 0 Å². The van der Waals surface area contributed by atoms with Gasteiger partial charge in [-0.15, -0.1) is 0 Å². The summed E-state index contributed by atoms with van der Waals surface area (Å²) in [7, 11) is 1.61. The molecular weight excluding hydrogens is 412 g/mol. The predicted molar refractivity (Wildman–Crippen MR) is 124 cm³/mol. The molecule has 1 heterocycles. The normalized spacial score (nSPS) is 23.8. The first kappa shape index (κ1) is 21.7. The number of halogens is 1. The zero-order valence-corrected chi connectivity index (χ0v) is 18.6. The quantitative estimate of drug-likeness (QED) is 0.742. The van der Waals surface area contributed by atoms with Crippen LogP contribution in [0.25, 0.3) is 0 Å². The summed E-state index contributed by atoms with van der Waals surface area (Å²) in [6.07, 6.45) is 3.75. The zero-order valence-electron chi connectivity index (χ0n) is 17.8. The van der Waals surface area contributed by atoms with Gasteiger partial charge in [-0.25, -0.2) is 4.79 Å². The first-order chi connectivity index (χ1) is 15.0. The Labute approximate surface area is 188 Å².